The summed E-state index contributed by atoms with van der Waals surface area (Å²) < 4.78 is 10.3. The molecule has 2 aromatic rings. The highest BCUT2D eigenvalue weighted by Gasteiger charge is 2.31. The molecule has 164 valence electrons. The number of hydrogen-bond acceptors (Lipinski definition) is 7. The number of nitrogens with one attached hydrogen (secondary N) is 1. The van der Waals surface area contributed by atoms with Gasteiger partial charge in [0.25, 0.3) is 0 Å². The number of carbonyl (C=O) groups excluding carboxylic acids is 3. The lowest BCUT2D eigenvalue weighted by Crippen LogP contribution is -2.43. The summed E-state index contributed by atoms with van der Waals surface area (Å²) in [5.74, 6) is -2.02. The summed E-state index contributed by atoms with van der Waals surface area (Å²) in [6, 6.07) is 14.3. The van der Waals surface area contributed by atoms with Gasteiger partial charge in [0, 0.05) is 5.92 Å². The SMILES string of the molecule is CCCCOC(=O)C[C@@H](NC(=O)OCC1c2ccccc2-c2ccccc21)C(=O)OO. The Balaban J connectivity index is 1.61. The van der Waals surface area contributed by atoms with Crippen LogP contribution in [0.5, 0.6) is 0 Å². The molecule has 0 aliphatic heterocycles. The Morgan fingerprint density at radius 1 is 1.00 bits per heavy atom. The average molecular weight is 427 g/mol. The third-order valence-electron chi connectivity index (χ3n) is 5.14. The Bertz CT molecular complexity index is 898. The predicted octanol–water partition coefficient (Wildman–Crippen LogP) is 3.64. The minimum atomic E-state index is -1.42. The molecule has 8 nitrogen and oxygen atoms in total. The fourth-order valence-electron chi connectivity index (χ4n) is 3.60. The molecule has 0 fully saturated rings. The first-order valence-electron chi connectivity index (χ1n) is 10.2. The van der Waals surface area contributed by atoms with Crippen molar-refractivity contribution in [2.24, 2.45) is 0 Å². The highest BCUT2D eigenvalue weighted by atomic mass is 17.1. The first kappa shape index (κ1) is 22.3. The van der Waals surface area contributed by atoms with Gasteiger partial charge in [-0.25, -0.2) is 9.59 Å². The van der Waals surface area contributed by atoms with Crippen molar-refractivity contribution in [3.05, 3.63) is 59.7 Å². The van der Waals surface area contributed by atoms with E-state index in [1.807, 2.05) is 55.5 Å². The normalized spacial score (nSPS) is 13.0. The van der Waals surface area contributed by atoms with Crippen LogP contribution < -0.4 is 5.32 Å². The summed E-state index contributed by atoms with van der Waals surface area (Å²) in [7, 11) is 0. The smallest absolute Gasteiger partial charge is 0.407 e. The van der Waals surface area contributed by atoms with Gasteiger partial charge in [0.15, 0.2) is 0 Å². The summed E-state index contributed by atoms with van der Waals surface area (Å²) in [4.78, 5) is 39.6. The lowest BCUT2D eigenvalue weighted by atomic mass is 9.98. The van der Waals surface area contributed by atoms with Crippen molar-refractivity contribution in [1.82, 2.24) is 5.32 Å². The standard InChI is InChI=1S/C23H25NO7/c1-2-3-12-29-21(25)13-20(22(26)31-28)24-23(27)30-14-19-17-10-6-4-8-15(17)16-9-5-7-11-18(16)19/h4-11,19-20,28H,2-3,12-14H2,1H3,(H,24,27)/t20-/m1/s1. The van der Waals surface area contributed by atoms with Gasteiger partial charge in [-0.3, -0.25) is 9.68 Å². The minimum absolute atomic E-state index is 0.0434. The van der Waals surface area contributed by atoms with E-state index in [0.717, 1.165) is 28.7 Å². The molecule has 1 amide bonds. The van der Waals surface area contributed by atoms with E-state index in [-0.39, 0.29) is 19.1 Å². The number of alkyl carbamates (subject to hydrolysis) is 1. The molecule has 0 aromatic heterocycles. The lowest BCUT2D eigenvalue weighted by molar-refractivity contribution is -0.236. The van der Waals surface area contributed by atoms with Gasteiger partial charge in [-0.1, -0.05) is 61.9 Å². The summed E-state index contributed by atoms with van der Waals surface area (Å²) in [5, 5.41) is 10.9. The number of ether oxygens (including phenoxy) is 2. The van der Waals surface area contributed by atoms with Crippen LogP contribution in [0.25, 0.3) is 11.1 Å². The quantitative estimate of drug-likeness (QED) is 0.207. The van der Waals surface area contributed by atoms with Crippen LogP contribution in [0.3, 0.4) is 0 Å². The van der Waals surface area contributed by atoms with Crippen LogP contribution in [0, 0.1) is 0 Å². The van der Waals surface area contributed by atoms with E-state index in [9.17, 15) is 14.4 Å². The van der Waals surface area contributed by atoms with Crippen molar-refractivity contribution in [3.63, 3.8) is 0 Å². The number of carbonyl (C=O) groups is 3. The molecule has 0 saturated carbocycles. The van der Waals surface area contributed by atoms with Gasteiger partial charge < -0.3 is 14.8 Å². The Hall–Kier alpha value is -3.39. The summed E-state index contributed by atoms with van der Waals surface area (Å²) in [6.07, 6.45) is 0.139. The third kappa shape index (κ3) is 5.40. The number of amides is 1. The van der Waals surface area contributed by atoms with E-state index in [0.29, 0.717) is 6.42 Å². The monoisotopic (exact) mass is 427 g/mol. The molecule has 0 unspecified atom stereocenters. The number of unbranched alkanes of at least 4 members (excludes halogenated alkanes) is 1. The molecule has 3 rings (SSSR count). The molecule has 1 aliphatic rings. The highest BCUT2D eigenvalue weighted by Crippen LogP contribution is 2.44. The van der Waals surface area contributed by atoms with Crippen molar-refractivity contribution >= 4 is 18.0 Å². The zero-order valence-corrected chi connectivity index (χ0v) is 17.2. The zero-order chi connectivity index (χ0) is 22.2. The fraction of sp³-hybridized carbons (Fsp3) is 0.348. The summed E-state index contributed by atoms with van der Waals surface area (Å²) >= 11 is 0. The van der Waals surface area contributed by atoms with E-state index >= 15 is 0 Å². The lowest BCUT2D eigenvalue weighted by Gasteiger charge is -2.17. The Labute approximate surface area is 180 Å². The van der Waals surface area contributed by atoms with Crippen LogP contribution in [0.2, 0.25) is 0 Å². The van der Waals surface area contributed by atoms with E-state index in [1.54, 1.807) is 0 Å². The number of hydrogen-bond donors (Lipinski definition) is 2. The van der Waals surface area contributed by atoms with Crippen molar-refractivity contribution in [2.45, 2.75) is 38.1 Å². The van der Waals surface area contributed by atoms with E-state index in [2.05, 4.69) is 10.2 Å². The number of fused-ring (bicyclic) bond motifs is 3. The van der Waals surface area contributed by atoms with Crippen molar-refractivity contribution in [2.75, 3.05) is 13.2 Å². The number of rotatable bonds is 9. The molecule has 0 heterocycles. The van der Waals surface area contributed by atoms with Gasteiger partial charge >= 0.3 is 18.0 Å². The topological polar surface area (TPSA) is 111 Å². The van der Waals surface area contributed by atoms with E-state index in [4.69, 9.17) is 14.7 Å². The van der Waals surface area contributed by atoms with E-state index in [1.165, 1.54) is 0 Å². The van der Waals surface area contributed by atoms with Gasteiger partial charge in [-0.05, 0) is 28.7 Å². The zero-order valence-electron chi connectivity index (χ0n) is 17.2. The minimum Gasteiger partial charge on any atom is -0.466 e. The summed E-state index contributed by atoms with van der Waals surface area (Å²) in [6.45, 7) is 2.20. The molecule has 8 heteroatoms. The predicted molar refractivity (Wildman–Crippen MR) is 111 cm³/mol. The first-order valence-corrected chi connectivity index (χ1v) is 10.2. The molecule has 31 heavy (non-hydrogen) atoms. The van der Waals surface area contributed by atoms with Gasteiger partial charge in [0.1, 0.15) is 12.6 Å². The number of esters is 1. The van der Waals surface area contributed by atoms with Gasteiger partial charge in [-0.2, -0.15) is 5.26 Å². The van der Waals surface area contributed by atoms with Crippen molar-refractivity contribution in [1.29, 1.82) is 0 Å². The van der Waals surface area contributed by atoms with Crippen LogP contribution >= 0.6 is 0 Å². The Morgan fingerprint density at radius 2 is 1.61 bits per heavy atom. The second-order valence-corrected chi connectivity index (χ2v) is 7.21. The molecule has 2 N–H and O–H groups in total. The largest absolute Gasteiger partial charge is 0.466 e. The number of benzene rings is 2. The molecule has 2 aromatic carbocycles. The maximum absolute atomic E-state index is 12.3. The second-order valence-electron chi connectivity index (χ2n) is 7.21. The molecule has 0 radical (unpaired) electrons. The maximum atomic E-state index is 12.3. The van der Waals surface area contributed by atoms with Crippen LogP contribution in [-0.4, -0.2) is 42.5 Å². The highest BCUT2D eigenvalue weighted by molar-refractivity contribution is 5.86. The second kappa shape index (κ2) is 10.6. The molecule has 0 bridgehead atoms. The van der Waals surface area contributed by atoms with Gasteiger partial charge in [0.2, 0.25) is 0 Å². The van der Waals surface area contributed by atoms with Gasteiger partial charge in [-0.15, -0.1) is 0 Å². The van der Waals surface area contributed by atoms with Gasteiger partial charge in [0.05, 0.1) is 13.0 Å². The third-order valence-corrected chi connectivity index (χ3v) is 5.14. The Kier molecular flexibility index (Phi) is 7.61. The van der Waals surface area contributed by atoms with Crippen LogP contribution in [0.4, 0.5) is 4.79 Å². The average Bonchev–Trinajstić information content (AvgIpc) is 3.10. The fourth-order valence-corrected chi connectivity index (χ4v) is 3.60. The van der Waals surface area contributed by atoms with Crippen LogP contribution in [0.15, 0.2) is 48.5 Å². The van der Waals surface area contributed by atoms with Crippen molar-refractivity contribution in [3.8, 4) is 11.1 Å². The molecule has 1 aliphatic carbocycles. The van der Waals surface area contributed by atoms with Crippen LogP contribution in [0.1, 0.15) is 43.2 Å². The van der Waals surface area contributed by atoms with Crippen LogP contribution in [-0.2, 0) is 24.0 Å². The maximum Gasteiger partial charge on any atom is 0.407 e. The molecule has 0 spiro atoms. The Morgan fingerprint density at radius 3 is 2.19 bits per heavy atom. The molecule has 0 saturated heterocycles. The molecular formula is C23H25NO7. The summed E-state index contributed by atoms with van der Waals surface area (Å²) in [5.41, 5.74) is 4.26. The van der Waals surface area contributed by atoms with E-state index < -0.39 is 30.5 Å². The first-order chi connectivity index (χ1) is 15.0. The molecular weight excluding hydrogens is 402 g/mol. The van der Waals surface area contributed by atoms with Crippen molar-refractivity contribution < 1.29 is 34.0 Å². The molecule has 1 atom stereocenters.